The third kappa shape index (κ3) is 4.40. The Labute approximate surface area is 136 Å². The van der Waals surface area contributed by atoms with Crippen LogP contribution in [0.25, 0.3) is 0 Å². The predicted octanol–water partition coefficient (Wildman–Crippen LogP) is 3.94. The lowest BCUT2D eigenvalue weighted by atomic mass is 10.1. The summed E-state index contributed by atoms with van der Waals surface area (Å²) in [5, 5.41) is 6.01. The van der Waals surface area contributed by atoms with Crippen molar-refractivity contribution in [2.45, 2.75) is 26.7 Å². The minimum Gasteiger partial charge on any atom is -0.332 e. The van der Waals surface area contributed by atoms with Crippen LogP contribution >= 0.6 is 12.2 Å². The lowest BCUT2D eigenvalue weighted by Gasteiger charge is -2.10. The molecule has 114 valence electrons. The van der Waals surface area contributed by atoms with Gasteiger partial charge in [0.1, 0.15) is 0 Å². The van der Waals surface area contributed by atoms with Crippen LogP contribution in [0.3, 0.4) is 0 Å². The topological polar surface area (TPSA) is 41.1 Å². The van der Waals surface area contributed by atoms with E-state index in [-0.39, 0.29) is 5.91 Å². The van der Waals surface area contributed by atoms with E-state index in [0.717, 1.165) is 18.5 Å². The Morgan fingerprint density at radius 3 is 1.91 bits per heavy atom. The molecule has 2 aromatic carbocycles. The number of thiocarbonyl (C=S) groups is 1. The molecule has 0 aliphatic heterocycles. The Kier molecular flexibility index (Phi) is 5.67. The van der Waals surface area contributed by atoms with Crippen LogP contribution in [0, 0.1) is 0 Å². The number of hydrogen-bond acceptors (Lipinski definition) is 2. The maximum atomic E-state index is 12.1. The summed E-state index contributed by atoms with van der Waals surface area (Å²) < 4.78 is 0. The fourth-order valence-corrected chi connectivity index (χ4v) is 2.26. The number of amides is 1. The summed E-state index contributed by atoms with van der Waals surface area (Å²) in [5.41, 5.74) is 3.93. The molecule has 2 N–H and O–H groups in total. The van der Waals surface area contributed by atoms with Crippen LogP contribution in [0.15, 0.2) is 48.5 Å². The molecule has 0 saturated carbocycles. The van der Waals surface area contributed by atoms with Gasteiger partial charge in [-0.1, -0.05) is 38.1 Å². The van der Waals surface area contributed by atoms with Gasteiger partial charge >= 0.3 is 0 Å². The normalized spacial score (nSPS) is 10.1. The molecule has 2 rings (SSSR count). The predicted molar refractivity (Wildman–Crippen MR) is 95.3 cm³/mol. The van der Waals surface area contributed by atoms with Gasteiger partial charge < -0.3 is 5.32 Å². The average Bonchev–Trinajstić information content (AvgIpc) is 2.55. The Morgan fingerprint density at radius 2 is 1.41 bits per heavy atom. The summed E-state index contributed by atoms with van der Waals surface area (Å²) in [7, 11) is 0. The molecule has 0 bridgehead atoms. The van der Waals surface area contributed by atoms with Crippen LogP contribution < -0.4 is 10.6 Å². The molecule has 0 aromatic heterocycles. The van der Waals surface area contributed by atoms with E-state index < -0.39 is 0 Å². The Bertz CT molecular complexity index is 648. The fraction of sp³-hybridized carbons (Fsp3) is 0.222. The highest BCUT2D eigenvalue weighted by molar-refractivity contribution is 7.80. The maximum absolute atomic E-state index is 12.1. The highest BCUT2D eigenvalue weighted by Crippen LogP contribution is 2.10. The molecule has 3 nitrogen and oxygen atoms in total. The monoisotopic (exact) mass is 312 g/mol. The molecule has 2 aromatic rings. The van der Waals surface area contributed by atoms with E-state index in [0.29, 0.717) is 10.7 Å². The van der Waals surface area contributed by atoms with Crippen molar-refractivity contribution in [1.29, 1.82) is 0 Å². The van der Waals surface area contributed by atoms with E-state index in [2.05, 4.69) is 24.5 Å². The fourth-order valence-electron chi connectivity index (χ4n) is 2.05. The van der Waals surface area contributed by atoms with Gasteiger partial charge in [-0.25, -0.2) is 0 Å². The van der Waals surface area contributed by atoms with E-state index in [4.69, 9.17) is 12.2 Å². The first-order chi connectivity index (χ1) is 10.6. The molecule has 4 heteroatoms. The van der Waals surface area contributed by atoms with E-state index in [9.17, 15) is 4.79 Å². The molecule has 0 radical (unpaired) electrons. The van der Waals surface area contributed by atoms with Crippen molar-refractivity contribution in [1.82, 2.24) is 5.32 Å². The van der Waals surface area contributed by atoms with Gasteiger partial charge in [-0.15, -0.1) is 0 Å². The van der Waals surface area contributed by atoms with E-state index in [1.165, 1.54) is 11.1 Å². The number of nitrogens with one attached hydrogen (secondary N) is 2. The van der Waals surface area contributed by atoms with Crippen molar-refractivity contribution in [2.24, 2.45) is 0 Å². The van der Waals surface area contributed by atoms with Gasteiger partial charge in [-0.3, -0.25) is 10.1 Å². The third-order valence-electron chi connectivity index (χ3n) is 3.47. The summed E-state index contributed by atoms with van der Waals surface area (Å²) >= 11 is 5.18. The average molecular weight is 312 g/mol. The molecule has 0 fully saturated rings. The number of aryl methyl sites for hydroxylation is 2. The summed E-state index contributed by atoms with van der Waals surface area (Å²) in [6.45, 7) is 4.19. The Hall–Kier alpha value is -2.20. The molecular weight excluding hydrogens is 292 g/mol. The van der Waals surface area contributed by atoms with E-state index in [1.807, 2.05) is 48.5 Å². The van der Waals surface area contributed by atoms with Crippen molar-refractivity contribution in [3.8, 4) is 0 Å². The van der Waals surface area contributed by atoms with Gasteiger partial charge in [0.15, 0.2) is 5.11 Å². The molecule has 22 heavy (non-hydrogen) atoms. The minimum atomic E-state index is -0.203. The molecule has 0 unspecified atom stereocenters. The first-order valence-electron chi connectivity index (χ1n) is 7.42. The number of carbonyl (C=O) groups is 1. The van der Waals surface area contributed by atoms with Gasteiger partial charge in [0.25, 0.3) is 5.91 Å². The molecular formula is C18H20N2OS. The van der Waals surface area contributed by atoms with Crippen molar-refractivity contribution in [3.05, 3.63) is 65.2 Å². The van der Waals surface area contributed by atoms with Crippen molar-refractivity contribution in [2.75, 3.05) is 5.32 Å². The van der Waals surface area contributed by atoms with Crippen LogP contribution in [-0.2, 0) is 12.8 Å². The summed E-state index contributed by atoms with van der Waals surface area (Å²) in [6.07, 6.45) is 1.95. The van der Waals surface area contributed by atoms with Gasteiger partial charge in [-0.2, -0.15) is 0 Å². The first-order valence-corrected chi connectivity index (χ1v) is 7.83. The first kappa shape index (κ1) is 16.2. The molecule has 0 saturated heterocycles. The Morgan fingerprint density at radius 1 is 0.909 bits per heavy atom. The molecule has 0 atom stereocenters. The van der Waals surface area contributed by atoms with Crippen molar-refractivity contribution >= 4 is 28.9 Å². The summed E-state index contributed by atoms with van der Waals surface area (Å²) in [5.74, 6) is -0.203. The minimum absolute atomic E-state index is 0.203. The van der Waals surface area contributed by atoms with E-state index >= 15 is 0 Å². The third-order valence-corrected chi connectivity index (χ3v) is 3.68. The molecule has 1 amide bonds. The van der Waals surface area contributed by atoms with Crippen LogP contribution in [0.1, 0.15) is 35.3 Å². The zero-order chi connectivity index (χ0) is 15.9. The lowest BCUT2D eigenvalue weighted by molar-refractivity contribution is 0.0977. The number of benzene rings is 2. The molecule has 0 heterocycles. The van der Waals surface area contributed by atoms with Gasteiger partial charge in [0.05, 0.1) is 0 Å². The van der Waals surface area contributed by atoms with Gasteiger partial charge in [-0.05, 0) is 60.5 Å². The number of anilines is 1. The second kappa shape index (κ2) is 7.71. The molecule has 0 aliphatic rings. The quantitative estimate of drug-likeness (QED) is 0.840. The lowest BCUT2D eigenvalue weighted by Crippen LogP contribution is -2.34. The van der Waals surface area contributed by atoms with Gasteiger partial charge in [0.2, 0.25) is 0 Å². The second-order valence-corrected chi connectivity index (χ2v) is 5.42. The van der Waals surface area contributed by atoms with Crippen molar-refractivity contribution < 1.29 is 4.79 Å². The zero-order valence-corrected chi connectivity index (χ0v) is 13.7. The van der Waals surface area contributed by atoms with E-state index in [1.54, 1.807) is 0 Å². The zero-order valence-electron chi connectivity index (χ0n) is 12.8. The van der Waals surface area contributed by atoms with Crippen LogP contribution in [0.4, 0.5) is 5.69 Å². The Balaban J connectivity index is 1.93. The molecule has 0 aliphatic carbocycles. The van der Waals surface area contributed by atoms with Crippen molar-refractivity contribution in [3.63, 3.8) is 0 Å². The standard InChI is InChI=1S/C18H20N2OS/c1-3-13-5-9-15(10-6-13)17(21)20-18(22)19-16-11-7-14(4-2)8-12-16/h5-12H,3-4H2,1-2H3,(H2,19,20,21,22). The largest absolute Gasteiger partial charge is 0.332 e. The summed E-state index contributed by atoms with van der Waals surface area (Å²) in [4.78, 5) is 12.1. The van der Waals surface area contributed by atoms with Crippen LogP contribution in [0.2, 0.25) is 0 Å². The highest BCUT2D eigenvalue weighted by atomic mass is 32.1. The van der Waals surface area contributed by atoms with Crippen LogP contribution in [-0.4, -0.2) is 11.0 Å². The highest BCUT2D eigenvalue weighted by Gasteiger charge is 2.07. The van der Waals surface area contributed by atoms with Gasteiger partial charge in [0, 0.05) is 11.3 Å². The number of carbonyl (C=O) groups excluding carboxylic acids is 1. The number of hydrogen-bond donors (Lipinski definition) is 2. The van der Waals surface area contributed by atoms with Crippen LogP contribution in [0.5, 0.6) is 0 Å². The maximum Gasteiger partial charge on any atom is 0.257 e. The SMILES string of the molecule is CCc1ccc(NC(=S)NC(=O)c2ccc(CC)cc2)cc1. The number of rotatable bonds is 4. The summed E-state index contributed by atoms with van der Waals surface area (Å²) in [6, 6.07) is 15.5. The second-order valence-electron chi connectivity index (χ2n) is 5.01. The molecule has 0 spiro atoms. The smallest absolute Gasteiger partial charge is 0.257 e.